The van der Waals surface area contributed by atoms with E-state index in [0.29, 0.717) is 33.6 Å². The lowest BCUT2D eigenvalue weighted by Crippen LogP contribution is -2.13. The highest BCUT2D eigenvalue weighted by Gasteiger charge is 2.13. The first-order valence-electron chi connectivity index (χ1n) is 9.15. The first-order chi connectivity index (χ1) is 15.1. The standard InChI is InChI=1S/C20H15ClFN5O3S/c21-13-7-5-12(6-8-13)19-25-26-20(29-19)31-11-16-24-18(30-27-16)10-9-17(28)23-15-4-2-1-3-14(15)22/h1-8H,9-11H2,(H,23,28). The molecule has 2 aromatic carbocycles. The number of hydrogen-bond acceptors (Lipinski definition) is 8. The molecule has 0 saturated carbocycles. The monoisotopic (exact) mass is 459 g/mol. The lowest BCUT2D eigenvalue weighted by molar-refractivity contribution is -0.116. The number of carbonyl (C=O) groups is 1. The lowest BCUT2D eigenvalue weighted by Gasteiger charge is -2.04. The van der Waals surface area contributed by atoms with Crippen LogP contribution in [0.3, 0.4) is 0 Å². The normalized spacial score (nSPS) is 10.9. The van der Waals surface area contributed by atoms with E-state index in [4.69, 9.17) is 20.5 Å². The van der Waals surface area contributed by atoms with Crippen LogP contribution in [0, 0.1) is 5.82 Å². The average Bonchev–Trinajstić information content (AvgIpc) is 3.42. The number of carbonyl (C=O) groups excluding carboxylic acids is 1. The predicted octanol–water partition coefficient (Wildman–Crippen LogP) is 4.78. The Morgan fingerprint density at radius 3 is 2.74 bits per heavy atom. The zero-order valence-electron chi connectivity index (χ0n) is 15.9. The molecule has 4 aromatic rings. The molecule has 31 heavy (non-hydrogen) atoms. The summed E-state index contributed by atoms with van der Waals surface area (Å²) in [6.07, 6.45) is 0.316. The molecule has 158 valence electrons. The van der Waals surface area contributed by atoms with Crippen molar-refractivity contribution in [3.8, 4) is 11.5 Å². The number of nitrogens with zero attached hydrogens (tertiary/aromatic N) is 4. The van der Waals surface area contributed by atoms with E-state index < -0.39 is 5.82 Å². The van der Waals surface area contributed by atoms with Crippen LogP contribution in [-0.2, 0) is 17.0 Å². The first kappa shape index (κ1) is 21.0. The van der Waals surface area contributed by atoms with E-state index in [-0.39, 0.29) is 24.4 Å². The van der Waals surface area contributed by atoms with E-state index >= 15 is 0 Å². The number of thioether (sulfide) groups is 1. The fraction of sp³-hybridized carbons (Fsp3) is 0.150. The molecule has 4 rings (SSSR count). The Bertz CT molecular complexity index is 1180. The zero-order chi connectivity index (χ0) is 21.6. The molecule has 1 amide bonds. The summed E-state index contributed by atoms with van der Waals surface area (Å²) < 4.78 is 24.3. The molecule has 0 unspecified atom stereocenters. The molecule has 0 aliphatic rings. The van der Waals surface area contributed by atoms with Crippen molar-refractivity contribution in [2.45, 2.75) is 23.8 Å². The molecule has 0 radical (unpaired) electrons. The molecule has 0 atom stereocenters. The first-order valence-corrected chi connectivity index (χ1v) is 10.5. The Labute approximate surface area is 185 Å². The maximum absolute atomic E-state index is 13.6. The van der Waals surface area contributed by atoms with Crippen molar-refractivity contribution in [3.63, 3.8) is 0 Å². The topological polar surface area (TPSA) is 107 Å². The number of benzene rings is 2. The number of aromatic nitrogens is 4. The van der Waals surface area contributed by atoms with E-state index in [2.05, 4.69) is 25.7 Å². The van der Waals surface area contributed by atoms with Gasteiger partial charge in [-0.3, -0.25) is 4.79 Å². The summed E-state index contributed by atoms with van der Waals surface area (Å²) >= 11 is 7.14. The Hall–Kier alpha value is -3.24. The lowest BCUT2D eigenvalue weighted by atomic mass is 10.2. The van der Waals surface area contributed by atoms with Gasteiger partial charge in [-0.15, -0.1) is 10.2 Å². The summed E-state index contributed by atoms with van der Waals surface area (Å²) in [5.41, 5.74) is 0.895. The Morgan fingerprint density at radius 1 is 1.13 bits per heavy atom. The number of rotatable bonds is 8. The third-order valence-electron chi connectivity index (χ3n) is 4.05. The highest BCUT2D eigenvalue weighted by molar-refractivity contribution is 7.98. The van der Waals surface area contributed by atoms with E-state index in [0.717, 1.165) is 5.56 Å². The molecule has 11 heteroatoms. The molecular formula is C20H15ClFN5O3S. The number of amides is 1. The van der Waals surface area contributed by atoms with Crippen molar-refractivity contribution in [1.82, 2.24) is 20.3 Å². The number of halogens is 2. The number of anilines is 1. The van der Waals surface area contributed by atoms with Crippen molar-refractivity contribution in [3.05, 3.63) is 71.1 Å². The van der Waals surface area contributed by atoms with Crippen LogP contribution in [0.5, 0.6) is 0 Å². The van der Waals surface area contributed by atoms with Crippen LogP contribution < -0.4 is 5.32 Å². The Balaban J connectivity index is 1.26. The second-order valence-corrected chi connectivity index (χ2v) is 7.66. The van der Waals surface area contributed by atoms with E-state index in [1.54, 1.807) is 36.4 Å². The maximum atomic E-state index is 13.6. The number of para-hydroxylation sites is 1. The van der Waals surface area contributed by atoms with Crippen LogP contribution in [0.4, 0.5) is 10.1 Å². The smallest absolute Gasteiger partial charge is 0.277 e. The SMILES string of the molecule is O=C(CCc1nc(CSc2nnc(-c3ccc(Cl)cc3)o2)no1)Nc1ccccc1F. The van der Waals surface area contributed by atoms with E-state index in [9.17, 15) is 9.18 Å². The molecule has 0 spiro atoms. The highest BCUT2D eigenvalue weighted by Crippen LogP contribution is 2.26. The second-order valence-electron chi connectivity index (χ2n) is 6.30. The Kier molecular flexibility index (Phi) is 6.58. The van der Waals surface area contributed by atoms with Crippen LogP contribution in [0.1, 0.15) is 18.1 Å². The molecule has 1 N–H and O–H groups in total. The maximum Gasteiger partial charge on any atom is 0.277 e. The molecule has 0 fully saturated rings. The third-order valence-corrected chi connectivity index (χ3v) is 5.11. The minimum atomic E-state index is -0.492. The van der Waals surface area contributed by atoms with Crippen LogP contribution >= 0.6 is 23.4 Å². The van der Waals surface area contributed by atoms with Crippen molar-refractivity contribution >= 4 is 35.0 Å². The summed E-state index contributed by atoms with van der Waals surface area (Å²) in [6, 6.07) is 13.0. The van der Waals surface area contributed by atoms with Gasteiger partial charge in [0, 0.05) is 23.4 Å². The van der Waals surface area contributed by atoms with Crippen molar-refractivity contribution in [1.29, 1.82) is 0 Å². The van der Waals surface area contributed by atoms with Crippen LogP contribution in [-0.4, -0.2) is 26.2 Å². The molecule has 0 aliphatic carbocycles. The van der Waals surface area contributed by atoms with Gasteiger partial charge in [0.05, 0.1) is 11.4 Å². The van der Waals surface area contributed by atoms with Crippen molar-refractivity contribution in [2.24, 2.45) is 0 Å². The minimum absolute atomic E-state index is 0.0806. The summed E-state index contributed by atoms with van der Waals surface area (Å²) in [7, 11) is 0. The van der Waals surface area contributed by atoms with Crippen LogP contribution in [0.15, 0.2) is 62.7 Å². The molecular weight excluding hydrogens is 445 g/mol. The summed E-state index contributed by atoms with van der Waals surface area (Å²) in [4.78, 5) is 16.2. The molecule has 0 saturated heterocycles. The summed E-state index contributed by atoms with van der Waals surface area (Å²) in [6.45, 7) is 0. The van der Waals surface area contributed by atoms with Crippen molar-refractivity contribution < 1.29 is 18.1 Å². The van der Waals surface area contributed by atoms with Gasteiger partial charge in [0.15, 0.2) is 5.82 Å². The van der Waals surface area contributed by atoms with Gasteiger partial charge in [0.1, 0.15) is 5.82 Å². The minimum Gasteiger partial charge on any atom is -0.411 e. The predicted molar refractivity (Wildman–Crippen MR) is 112 cm³/mol. The van der Waals surface area contributed by atoms with Crippen LogP contribution in [0.25, 0.3) is 11.5 Å². The zero-order valence-corrected chi connectivity index (χ0v) is 17.5. The molecule has 2 heterocycles. The van der Waals surface area contributed by atoms with Gasteiger partial charge in [0.25, 0.3) is 5.22 Å². The molecule has 0 bridgehead atoms. The van der Waals surface area contributed by atoms with Crippen molar-refractivity contribution in [2.75, 3.05) is 5.32 Å². The van der Waals surface area contributed by atoms with E-state index in [1.807, 2.05) is 0 Å². The van der Waals surface area contributed by atoms with Gasteiger partial charge in [0.2, 0.25) is 17.7 Å². The van der Waals surface area contributed by atoms with Crippen LogP contribution in [0.2, 0.25) is 5.02 Å². The summed E-state index contributed by atoms with van der Waals surface area (Å²) in [5.74, 6) is 0.641. The largest absolute Gasteiger partial charge is 0.411 e. The summed E-state index contributed by atoms with van der Waals surface area (Å²) in [5, 5.41) is 15.4. The number of aryl methyl sites for hydroxylation is 1. The average molecular weight is 460 g/mol. The quantitative estimate of drug-likeness (QED) is 0.375. The van der Waals surface area contributed by atoms with Gasteiger partial charge in [-0.25, -0.2) is 4.39 Å². The number of nitrogens with one attached hydrogen (secondary N) is 1. The van der Waals surface area contributed by atoms with Gasteiger partial charge >= 0.3 is 0 Å². The van der Waals surface area contributed by atoms with Gasteiger partial charge in [-0.1, -0.05) is 40.7 Å². The highest BCUT2D eigenvalue weighted by atomic mass is 35.5. The van der Waals surface area contributed by atoms with E-state index in [1.165, 1.54) is 23.9 Å². The third kappa shape index (κ3) is 5.68. The van der Waals surface area contributed by atoms with Gasteiger partial charge in [-0.05, 0) is 36.4 Å². The number of hydrogen-bond donors (Lipinski definition) is 1. The molecule has 2 aromatic heterocycles. The molecule has 0 aliphatic heterocycles. The molecule has 8 nitrogen and oxygen atoms in total. The Morgan fingerprint density at radius 2 is 1.94 bits per heavy atom. The van der Waals surface area contributed by atoms with Gasteiger partial charge in [-0.2, -0.15) is 4.98 Å². The fourth-order valence-corrected chi connectivity index (χ4v) is 3.28. The fourth-order valence-electron chi connectivity index (χ4n) is 2.55. The second kappa shape index (κ2) is 9.71. The van der Waals surface area contributed by atoms with Gasteiger partial charge < -0.3 is 14.3 Å².